The highest BCUT2D eigenvalue weighted by Crippen LogP contribution is 2.18. The van der Waals surface area contributed by atoms with Crippen LogP contribution in [0.4, 0.5) is 4.39 Å². The fourth-order valence-corrected chi connectivity index (χ4v) is 3.76. The molecule has 0 saturated carbocycles. The second-order valence-electron chi connectivity index (χ2n) is 7.16. The molecule has 0 spiro atoms. The number of rotatable bonds is 5. The highest BCUT2D eigenvalue weighted by atomic mass is 19.1. The van der Waals surface area contributed by atoms with Gasteiger partial charge in [0.1, 0.15) is 6.54 Å². The third-order valence-electron chi connectivity index (χ3n) is 5.33. The molecule has 3 aromatic rings. The van der Waals surface area contributed by atoms with Gasteiger partial charge in [0.25, 0.3) is 5.91 Å². The van der Waals surface area contributed by atoms with E-state index in [9.17, 15) is 9.18 Å². The van der Waals surface area contributed by atoms with E-state index in [-0.39, 0.29) is 18.3 Å². The molecule has 3 aromatic carbocycles. The van der Waals surface area contributed by atoms with E-state index < -0.39 is 5.82 Å². The number of amides is 1. The van der Waals surface area contributed by atoms with Crippen molar-refractivity contribution < 1.29 is 18.8 Å². The van der Waals surface area contributed by atoms with E-state index in [4.69, 9.17) is 4.74 Å². The third kappa shape index (κ3) is 4.15. The molecule has 0 bridgehead atoms. The Morgan fingerprint density at radius 1 is 0.964 bits per heavy atom. The van der Waals surface area contributed by atoms with Crippen LogP contribution in [-0.4, -0.2) is 43.6 Å². The number of nitrogens with zero attached hydrogens (tertiary/aromatic N) is 1. The zero-order valence-electron chi connectivity index (χ0n) is 15.7. The quantitative estimate of drug-likeness (QED) is 0.738. The van der Waals surface area contributed by atoms with Crippen LogP contribution in [-0.2, 0) is 11.3 Å². The molecule has 0 radical (unpaired) electrons. The smallest absolute Gasteiger partial charge is 0.260 e. The second-order valence-corrected chi connectivity index (χ2v) is 7.16. The SMILES string of the molecule is O=C(COc1ccccc1F)N1CC[NH+](Cc2cccc3ccccc23)CC1. The molecule has 1 N–H and O–H groups in total. The molecule has 0 aliphatic carbocycles. The van der Waals surface area contributed by atoms with Gasteiger partial charge in [-0.3, -0.25) is 4.79 Å². The normalized spacial score (nSPS) is 15.0. The Morgan fingerprint density at radius 3 is 2.50 bits per heavy atom. The molecule has 1 aliphatic rings. The van der Waals surface area contributed by atoms with Crippen molar-refractivity contribution in [2.45, 2.75) is 6.54 Å². The number of carbonyl (C=O) groups excluding carboxylic acids is 1. The van der Waals surface area contributed by atoms with Crippen LogP contribution >= 0.6 is 0 Å². The van der Waals surface area contributed by atoms with Crippen molar-refractivity contribution in [1.82, 2.24) is 4.90 Å². The van der Waals surface area contributed by atoms with Gasteiger partial charge >= 0.3 is 0 Å². The molecule has 1 aliphatic heterocycles. The zero-order valence-corrected chi connectivity index (χ0v) is 15.7. The van der Waals surface area contributed by atoms with Gasteiger partial charge in [0.2, 0.25) is 0 Å². The number of hydrogen-bond donors (Lipinski definition) is 1. The Hall–Kier alpha value is -2.92. The number of hydrogen-bond acceptors (Lipinski definition) is 2. The maximum absolute atomic E-state index is 13.6. The number of fused-ring (bicyclic) bond motifs is 1. The van der Waals surface area contributed by atoms with Crippen LogP contribution in [0.1, 0.15) is 5.56 Å². The van der Waals surface area contributed by atoms with E-state index >= 15 is 0 Å². The Labute approximate surface area is 164 Å². The lowest BCUT2D eigenvalue weighted by Gasteiger charge is -2.32. The molecule has 1 amide bonds. The number of benzene rings is 3. The van der Waals surface area contributed by atoms with Gasteiger partial charge in [-0.25, -0.2) is 4.39 Å². The van der Waals surface area contributed by atoms with E-state index in [2.05, 4.69) is 42.5 Å². The number of halogens is 1. The van der Waals surface area contributed by atoms with Gasteiger partial charge in [-0.05, 0) is 22.9 Å². The third-order valence-corrected chi connectivity index (χ3v) is 5.33. The van der Waals surface area contributed by atoms with Crippen molar-refractivity contribution in [3.63, 3.8) is 0 Å². The molecule has 0 aromatic heterocycles. The van der Waals surface area contributed by atoms with Gasteiger partial charge in [0, 0.05) is 5.56 Å². The van der Waals surface area contributed by atoms with Crippen molar-refractivity contribution in [3.05, 3.63) is 78.1 Å². The molecule has 144 valence electrons. The average molecular weight is 379 g/mol. The lowest BCUT2D eigenvalue weighted by atomic mass is 10.0. The molecule has 1 fully saturated rings. The van der Waals surface area contributed by atoms with Crippen LogP contribution in [0.3, 0.4) is 0 Å². The average Bonchev–Trinajstić information content (AvgIpc) is 2.74. The second kappa shape index (κ2) is 8.40. The van der Waals surface area contributed by atoms with Gasteiger partial charge in [-0.2, -0.15) is 0 Å². The number of quaternary nitrogens is 1. The molecule has 28 heavy (non-hydrogen) atoms. The molecule has 0 unspecified atom stereocenters. The summed E-state index contributed by atoms with van der Waals surface area (Å²) in [6.07, 6.45) is 0. The van der Waals surface area contributed by atoms with Crippen LogP contribution < -0.4 is 9.64 Å². The molecule has 4 rings (SSSR count). The summed E-state index contributed by atoms with van der Waals surface area (Å²) in [7, 11) is 0. The summed E-state index contributed by atoms with van der Waals surface area (Å²) in [6.45, 7) is 4.01. The Balaban J connectivity index is 1.30. The molecular formula is C23H24FN2O2+. The monoisotopic (exact) mass is 379 g/mol. The van der Waals surface area contributed by atoms with E-state index in [1.807, 2.05) is 4.90 Å². The maximum Gasteiger partial charge on any atom is 0.260 e. The molecular weight excluding hydrogens is 355 g/mol. The van der Waals surface area contributed by atoms with Gasteiger partial charge in [0.15, 0.2) is 18.2 Å². The number of carbonyl (C=O) groups is 1. The fourth-order valence-electron chi connectivity index (χ4n) is 3.76. The first kappa shape index (κ1) is 18.4. The first-order chi connectivity index (χ1) is 13.7. The largest absolute Gasteiger partial charge is 0.481 e. The summed E-state index contributed by atoms with van der Waals surface area (Å²) >= 11 is 0. The van der Waals surface area contributed by atoms with Crippen molar-refractivity contribution >= 4 is 16.7 Å². The zero-order chi connectivity index (χ0) is 19.3. The lowest BCUT2D eigenvalue weighted by molar-refractivity contribution is -0.917. The highest BCUT2D eigenvalue weighted by Gasteiger charge is 2.24. The minimum atomic E-state index is -0.445. The predicted molar refractivity (Wildman–Crippen MR) is 107 cm³/mol. The maximum atomic E-state index is 13.6. The summed E-state index contributed by atoms with van der Waals surface area (Å²) < 4.78 is 18.9. The van der Waals surface area contributed by atoms with Crippen LogP contribution in [0, 0.1) is 5.82 Å². The lowest BCUT2D eigenvalue weighted by Crippen LogP contribution is -3.13. The summed E-state index contributed by atoms with van der Waals surface area (Å²) in [4.78, 5) is 15.7. The van der Waals surface area contributed by atoms with Gasteiger partial charge in [0.05, 0.1) is 26.2 Å². The molecule has 0 atom stereocenters. The van der Waals surface area contributed by atoms with E-state index in [0.717, 1.165) is 19.6 Å². The van der Waals surface area contributed by atoms with Gasteiger partial charge in [-0.1, -0.05) is 54.6 Å². The molecule has 1 saturated heterocycles. The van der Waals surface area contributed by atoms with Crippen molar-refractivity contribution in [2.24, 2.45) is 0 Å². The van der Waals surface area contributed by atoms with Crippen molar-refractivity contribution in [3.8, 4) is 5.75 Å². The number of para-hydroxylation sites is 1. The fraction of sp³-hybridized carbons (Fsp3) is 0.261. The Morgan fingerprint density at radius 2 is 1.68 bits per heavy atom. The van der Waals surface area contributed by atoms with Crippen LogP contribution in [0.5, 0.6) is 5.75 Å². The molecule has 1 heterocycles. The number of ether oxygens (including phenoxy) is 1. The van der Waals surface area contributed by atoms with E-state index in [1.165, 1.54) is 33.4 Å². The minimum absolute atomic E-state index is 0.0903. The summed E-state index contributed by atoms with van der Waals surface area (Å²) in [5.41, 5.74) is 1.34. The first-order valence-electron chi connectivity index (χ1n) is 9.66. The standard InChI is InChI=1S/C23H23FN2O2/c24-21-10-3-4-11-22(21)28-17-23(27)26-14-12-25(13-15-26)16-19-8-5-7-18-6-1-2-9-20(18)19/h1-11H,12-17H2/p+1. The topological polar surface area (TPSA) is 34.0 Å². The molecule has 4 nitrogen and oxygen atoms in total. The van der Waals surface area contributed by atoms with Crippen molar-refractivity contribution in [2.75, 3.05) is 32.8 Å². The van der Waals surface area contributed by atoms with Crippen molar-refractivity contribution in [1.29, 1.82) is 0 Å². The highest BCUT2D eigenvalue weighted by molar-refractivity contribution is 5.85. The number of piperazine rings is 1. The van der Waals surface area contributed by atoms with E-state index in [1.54, 1.807) is 12.1 Å². The first-order valence-corrected chi connectivity index (χ1v) is 9.66. The summed E-state index contributed by atoms with van der Waals surface area (Å²) in [5.74, 6) is -0.414. The van der Waals surface area contributed by atoms with Crippen LogP contribution in [0.25, 0.3) is 10.8 Å². The molecule has 5 heteroatoms. The van der Waals surface area contributed by atoms with E-state index in [0.29, 0.717) is 13.1 Å². The summed E-state index contributed by atoms with van der Waals surface area (Å²) in [5, 5.41) is 2.56. The van der Waals surface area contributed by atoms with Gasteiger partial charge in [-0.15, -0.1) is 0 Å². The predicted octanol–water partition coefficient (Wildman–Crippen LogP) is 2.28. The Kier molecular flexibility index (Phi) is 5.53. The minimum Gasteiger partial charge on any atom is -0.481 e. The van der Waals surface area contributed by atoms with Gasteiger partial charge < -0.3 is 14.5 Å². The Bertz CT molecular complexity index is 962. The van der Waals surface area contributed by atoms with Crippen LogP contribution in [0.15, 0.2) is 66.7 Å². The summed E-state index contributed by atoms with van der Waals surface area (Å²) in [6, 6.07) is 21.0. The number of nitrogens with one attached hydrogen (secondary N) is 1. The van der Waals surface area contributed by atoms with Crippen LogP contribution in [0.2, 0.25) is 0 Å².